The van der Waals surface area contributed by atoms with E-state index in [9.17, 15) is 24.9 Å². The second-order valence-electron chi connectivity index (χ2n) is 7.46. The molecule has 4 aromatic rings. The molecule has 0 saturated heterocycles. The fraction of sp³-hybridized carbons (Fsp3) is 0.208. The van der Waals surface area contributed by atoms with Crippen molar-refractivity contribution in [3.63, 3.8) is 0 Å². The van der Waals surface area contributed by atoms with Crippen molar-refractivity contribution in [2.45, 2.75) is 32.7 Å². The molecular formula is C24H22N2O5S. The number of carbonyl (C=O) groups is 2. The van der Waals surface area contributed by atoms with Crippen molar-refractivity contribution in [3.8, 4) is 16.9 Å². The zero-order valence-corrected chi connectivity index (χ0v) is 18.2. The average Bonchev–Trinajstić information content (AvgIpc) is 3.29. The fourth-order valence-electron chi connectivity index (χ4n) is 3.86. The zero-order chi connectivity index (χ0) is 22.8. The summed E-state index contributed by atoms with van der Waals surface area (Å²) in [7, 11) is 0. The highest BCUT2D eigenvalue weighted by Gasteiger charge is 2.24. The number of thiophene rings is 1. The summed E-state index contributed by atoms with van der Waals surface area (Å²) in [5, 5.41) is 29.7. The molecule has 0 amide bonds. The maximum atomic E-state index is 11.8. The number of hydrogen-bond donors (Lipinski definition) is 3. The van der Waals surface area contributed by atoms with Gasteiger partial charge in [0.25, 0.3) is 0 Å². The second-order valence-corrected chi connectivity index (χ2v) is 8.46. The lowest BCUT2D eigenvalue weighted by molar-refractivity contribution is 0.0687. The zero-order valence-electron chi connectivity index (χ0n) is 17.4. The Morgan fingerprint density at radius 2 is 1.69 bits per heavy atom. The monoisotopic (exact) mass is 450 g/mol. The second kappa shape index (κ2) is 8.84. The van der Waals surface area contributed by atoms with E-state index in [0.29, 0.717) is 28.9 Å². The first-order chi connectivity index (χ1) is 15.4. The highest BCUT2D eigenvalue weighted by molar-refractivity contribution is 7.20. The predicted molar refractivity (Wildman–Crippen MR) is 123 cm³/mol. The van der Waals surface area contributed by atoms with Crippen LogP contribution in [0, 0.1) is 0 Å². The molecule has 8 heteroatoms. The molecule has 0 unspecified atom stereocenters. The molecule has 0 aliphatic heterocycles. The molecule has 32 heavy (non-hydrogen) atoms. The lowest BCUT2D eigenvalue weighted by Gasteiger charge is -2.15. The van der Waals surface area contributed by atoms with Gasteiger partial charge in [-0.05, 0) is 29.2 Å². The number of unbranched alkanes of at least 4 members (excludes halogenated alkanes) is 1. The highest BCUT2D eigenvalue weighted by Crippen LogP contribution is 2.38. The molecule has 2 aromatic heterocycles. The van der Waals surface area contributed by atoms with Gasteiger partial charge >= 0.3 is 11.9 Å². The molecule has 0 radical (unpaired) electrons. The largest absolute Gasteiger partial charge is 0.504 e. The lowest BCUT2D eigenvalue weighted by atomic mass is 9.95. The van der Waals surface area contributed by atoms with Gasteiger partial charge in [-0.25, -0.2) is 14.6 Å². The Balaban J connectivity index is 1.87. The van der Waals surface area contributed by atoms with Gasteiger partial charge in [0.15, 0.2) is 10.6 Å². The fourth-order valence-corrected chi connectivity index (χ4v) is 4.79. The minimum atomic E-state index is -1.19. The van der Waals surface area contributed by atoms with E-state index in [1.54, 1.807) is 24.3 Å². The SMILES string of the molecule is CCCCc1nc2sc(C(=O)O)c(O)c2n1Cc1ccccc1-c1ccccc1C(=O)O. The van der Waals surface area contributed by atoms with Crippen LogP contribution in [0.1, 0.15) is 51.2 Å². The summed E-state index contributed by atoms with van der Waals surface area (Å²) < 4.78 is 1.85. The molecule has 7 nitrogen and oxygen atoms in total. The van der Waals surface area contributed by atoms with Crippen LogP contribution in [0.15, 0.2) is 48.5 Å². The van der Waals surface area contributed by atoms with E-state index in [-0.39, 0.29) is 16.2 Å². The third-order valence-corrected chi connectivity index (χ3v) is 6.44. The molecule has 0 aliphatic rings. The van der Waals surface area contributed by atoms with Gasteiger partial charge in [0.05, 0.1) is 12.1 Å². The number of aromatic carboxylic acids is 2. The first-order valence-corrected chi connectivity index (χ1v) is 11.1. The topological polar surface area (TPSA) is 113 Å². The van der Waals surface area contributed by atoms with Crippen molar-refractivity contribution in [1.29, 1.82) is 0 Å². The van der Waals surface area contributed by atoms with E-state index in [0.717, 1.165) is 41.1 Å². The van der Waals surface area contributed by atoms with Crippen molar-refractivity contribution < 1.29 is 24.9 Å². The molecule has 0 spiro atoms. The quantitative estimate of drug-likeness (QED) is 0.338. The first kappa shape index (κ1) is 21.6. The van der Waals surface area contributed by atoms with Crippen LogP contribution in [-0.2, 0) is 13.0 Å². The third kappa shape index (κ3) is 3.85. The van der Waals surface area contributed by atoms with Crippen molar-refractivity contribution in [2.75, 3.05) is 0 Å². The number of aryl methyl sites for hydroxylation is 1. The van der Waals surface area contributed by atoms with Crippen molar-refractivity contribution in [2.24, 2.45) is 0 Å². The van der Waals surface area contributed by atoms with E-state index >= 15 is 0 Å². The Morgan fingerprint density at radius 3 is 2.38 bits per heavy atom. The normalized spacial score (nSPS) is 11.2. The average molecular weight is 451 g/mol. The molecular weight excluding hydrogens is 428 g/mol. The van der Waals surface area contributed by atoms with Crippen LogP contribution >= 0.6 is 11.3 Å². The predicted octanol–water partition coefficient (Wildman–Crippen LogP) is 5.26. The van der Waals surface area contributed by atoms with Gasteiger partial charge in [-0.2, -0.15) is 0 Å². The molecule has 0 aliphatic carbocycles. The van der Waals surface area contributed by atoms with Crippen molar-refractivity contribution in [3.05, 3.63) is 70.4 Å². The molecule has 4 rings (SSSR count). The van der Waals surface area contributed by atoms with Crippen LogP contribution in [0.3, 0.4) is 0 Å². The summed E-state index contributed by atoms with van der Waals surface area (Å²) in [6, 6.07) is 14.3. The van der Waals surface area contributed by atoms with Crippen LogP contribution < -0.4 is 0 Å². The lowest BCUT2D eigenvalue weighted by Crippen LogP contribution is -2.08. The van der Waals surface area contributed by atoms with Crippen molar-refractivity contribution in [1.82, 2.24) is 9.55 Å². The van der Waals surface area contributed by atoms with Gasteiger partial charge < -0.3 is 19.9 Å². The minimum absolute atomic E-state index is 0.136. The molecule has 2 heterocycles. The van der Waals surface area contributed by atoms with Gasteiger partial charge in [-0.1, -0.05) is 55.8 Å². The van der Waals surface area contributed by atoms with Gasteiger partial charge in [0.2, 0.25) is 0 Å². The molecule has 0 bridgehead atoms. The summed E-state index contributed by atoms with van der Waals surface area (Å²) in [5.41, 5.74) is 2.82. The number of carboxylic acids is 2. The number of fused-ring (bicyclic) bond motifs is 1. The van der Waals surface area contributed by atoms with Gasteiger partial charge in [-0.3, -0.25) is 0 Å². The molecule has 164 valence electrons. The van der Waals surface area contributed by atoms with Gasteiger partial charge in [0, 0.05) is 6.42 Å². The molecule has 3 N–H and O–H groups in total. The van der Waals surface area contributed by atoms with Crippen LogP contribution in [0.4, 0.5) is 0 Å². The Morgan fingerprint density at radius 1 is 1.00 bits per heavy atom. The number of hydrogen-bond acceptors (Lipinski definition) is 5. The molecule has 2 aromatic carbocycles. The number of rotatable bonds is 8. The smallest absolute Gasteiger partial charge is 0.349 e. The van der Waals surface area contributed by atoms with E-state index in [4.69, 9.17) is 0 Å². The number of nitrogens with zero attached hydrogens (tertiary/aromatic N) is 2. The summed E-state index contributed by atoms with van der Waals surface area (Å²) >= 11 is 0.959. The summed E-state index contributed by atoms with van der Waals surface area (Å²) in [4.78, 5) is 28.3. The number of aromatic nitrogens is 2. The highest BCUT2D eigenvalue weighted by atomic mass is 32.1. The summed E-state index contributed by atoms with van der Waals surface area (Å²) in [5.74, 6) is -1.72. The summed E-state index contributed by atoms with van der Waals surface area (Å²) in [6.07, 6.45) is 2.56. The third-order valence-electron chi connectivity index (χ3n) is 5.39. The van der Waals surface area contributed by atoms with E-state index in [2.05, 4.69) is 11.9 Å². The van der Waals surface area contributed by atoms with Gasteiger partial charge in [-0.15, -0.1) is 11.3 Å². The van der Waals surface area contributed by atoms with E-state index < -0.39 is 11.9 Å². The Labute approximate surface area is 188 Å². The van der Waals surface area contributed by atoms with Crippen molar-refractivity contribution >= 4 is 33.6 Å². The van der Waals surface area contributed by atoms with E-state index in [1.165, 1.54) is 0 Å². The Hall–Kier alpha value is -3.65. The first-order valence-electron chi connectivity index (χ1n) is 10.3. The Kier molecular flexibility index (Phi) is 5.96. The molecule has 0 atom stereocenters. The standard InChI is InChI=1S/C24H22N2O5S/c1-2-3-12-18-25-22-19(20(27)21(32-22)24(30)31)26(18)13-14-8-4-5-9-15(14)16-10-6-7-11-17(16)23(28)29/h4-11,27H,2-3,12-13H2,1H3,(H,28,29)(H,30,31). The molecule has 0 fully saturated rings. The van der Waals surface area contributed by atoms with Crippen LogP contribution in [-0.4, -0.2) is 36.8 Å². The number of benzene rings is 2. The van der Waals surface area contributed by atoms with Crippen LogP contribution in [0.25, 0.3) is 21.5 Å². The maximum Gasteiger partial charge on any atom is 0.349 e. The number of carboxylic acid groups (broad SMARTS) is 2. The van der Waals surface area contributed by atoms with Crippen LogP contribution in [0.5, 0.6) is 5.75 Å². The number of aromatic hydroxyl groups is 1. The maximum absolute atomic E-state index is 11.8. The molecule has 0 saturated carbocycles. The minimum Gasteiger partial charge on any atom is -0.504 e. The van der Waals surface area contributed by atoms with Crippen LogP contribution in [0.2, 0.25) is 0 Å². The van der Waals surface area contributed by atoms with E-state index in [1.807, 2.05) is 28.8 Å². The van der Waals surface area contributed by atoms with Gasteiger partial charge in [0.1, 0.15) is 16.2 Å². The summed E-state index contributed by atoms with van der Waals surface area (Å²) in [6.45, 7) is 2.40. The number of imidazole rings is 1. The Bertz CT molecular complexity index is 1320.